The van der Waals surface area contributed by atoms with Crippen molar-refractivity contribution in [1.29, 1.82) is 0 Å². The fraction of sp³-hybridized carbons (Fsp3) is 0.647. The highest BCUT2D eigenvalue weighted by molar-refractivity contribution is 5.37. The van der Waals surface area contributed by atoms with Crippen LogP contribution in [0.25, 0.3) is 0 Å². The maximum Gasteiger partial charge on any atom is 0.119 e. The molecule has 0 saturated heterocycles. The van der Waals surface area contributed by atoms with Crippen LogP contribution in [0, 0.1) is 0 Å². The molecule has 3 atom stereocenters. The molecule has 0 radical (unpaired) electrons. The Morgan fingerprint density at radius 1 is 1.30 bits per heavy atom. The minimum Gasteiger partial charge on any atom is -0.497 e. The van der Waals surface area contributed by atoms with E-state index in [1.54, 1.807) is 7.11 Å². The van der Waals surface area contributed by atoms with Crippen molar-refractivity contribution in [3.8, 4) is 5.75 Å². The molecule has 20 heavy (non-hydrogen) atoms. The zero-order chi connectivity index (χ0) is 15.1. The summed E-state index contributed by atoms with van der Waals surface area (Å²) in [7, 11) is 1.69. The van der Waals surface area contributed by atoms with Crippen molar-refractivity contribution in [2.24, 2.45) is 5.73 Å². The first kappa shape index (κ1) is 17.0. The monoisotopic (exact) mass is 279 g/mol. The van der Waals surface area contributed by atoms with Gasteiger partial charge >= 0.3 is 0 Å². The fourth-order valence-corrected chi connectivity index (χ4v) is 2.69. The lowest BCUT2D eigenvalue weighted by Crippen LogP contribution is -2.35. The normalized spacial score (nSPS) is 15.7. The van der Waals surface area contributed by atoms with Gasteiger partial charge in [-0.1, -0.05) is 33.3 Å². The number of hydrogen-bond acceptors (Lipinski definition) is 3. The number of rotatable bonds is 8. The van der Waals surface area contributed by atoms with Crippen LogP contribution >= 0.6 is 0 Å². The molecular weight excluding hydrogens is 250 g/mol. The van der Waals surface area contributed by atoms with Gasteiger partial charge in [-0.05, 0) is 48.4 Å². The second-order valence-electron chi connectivity index (χ2n) is 5.57. The second-order valence-corrected chi connectivity index (χ2v) is 5.57. The third-order valence-corrected chi connectivity index (χ3v) is 3.97. The molecule has 0 spiro atoms. The van der Waals surface area contributed by atoms with Crippen LogP contribution in [-0.4, -0.2) is 24.4 Å². The van der Waals surface area contributed by atoms with Gasteiger partial charge < -0.3 is 15.6 Å². The number of hydrogen-bond donors (Lipinski definition) is 2. The molecule has 3 unspecified atom stereocenters. The summed E-state index contributed by atoms with van der Waals surface area (Å²) < 4.78 is 5.27. The van der Waals surface area contributed by atoms with Crippen molar-refractivity contribution >= 4 is 0 Å². The van der Waals surface area contributed by atoms with Crippen molar-refractivity contribution in [2.75, 3.05) is 7.11 Å². The van der Waals surface area contributed by atoms with Crippen molar-refractivity contribution in [2.45, 2.75) is 64.5 Å². The average Bonchev–Trinajstić information content (AvgIpc) is 2.46. The highest BCUT2D eigenvalue weighted by Crippen LogP contribution is 2.28. The van der Waals surface area contributed by atoms with E-state index >= 15 is 0 Å². The van der Waals surface area contributed by atoms with Crippen molar-refractivity contribution < 1.29 is 9.84 Å². The molecule has 0 heterocycles. The smallest absolute Gasteiger partial charge is 0.119 e. The van der Waals surface area contributed by atoms with Crippen LogP contribution in [0.15, 0.2) is 18.2 Å². The Labute approximate surface area is 123 Å². The molecule has 0 bridgehead atoms. The zero-order valence-electron chi connectivity index (χ0n) is 13.2. The minimum atomic E-state index is -0.434. The van der Waals surface area contributed by atoms with Crippen molar-refractivity contribution in [3.05, 3.63) is 29.3 Å². The molecule has 0 aromatic heterocycles. The molecule has 3 heteroatoms. The van der Waals surface area contributed by atoms with Crippen molar-refractivity contribution in [1.82, 2.24) is 0 Å². The van der Waals surface area contributed by atoms with Crippen LogP contribution in [0.1, 0.15) is 57.1 Å². The summed E-state index contributed by atoms with van der Waals surface area (Å²) in [6.45, 7) is 6.39. The minimum absolute atomic E-state index is 0.120. The maximum absolute atomic E-state index is 10.2. The Kier molecular flexibility index (Phi) is 7.03. The number of benzene rings is 1. The lowest BCUT2D eigenvalue weighted by Gasteiger charge is -2.23. The Bertz CT molecular complexity index is 406. The van der Waals surface area contributed by atoms with E-state index < -0.39 is 6.10 Å². The van der Waals surface area contributed by atoms with E-state index in [0.29, 0.717) is 12.3 Å². The molecule has 0 amide bonds. The van der Waals surface area contributed by atoms with E-state index in [0.717, 1.165) is 25.0 Å². The van der Waals surface area contributed by atoms with Gasteiger partial charge in [-0.2, -0.15) is 0 Å². The van der Waals surface area contributed by atoms with Crippen LogP contribution < -0.4 is 10.5 Å². The predicted octanol–water partition coefficient (Wildman–Crippen LogP) is 3.24. The van der Waals surface area contributed by atoms with Gasteiger partial charge in [0.05, 0.1) is 13.2 Å². The largest absolute Gasteiger partial charge is 0.497 e. The topological polar surface area (TPSA) is 55.5 Å². The standard InChI is InChI=1S/C17H29NO2/c1-5-7-16(18)17(19)10-12(3)15-9-8-14(20-4)11-13(15)6-2/h8-9,11-12,16-17,19H,5-7,10,18H2,1-4H3. The lowest BCUT2D eigenvalue weighted by molar-refractivity contribution is 0.124. The summed E-state index contributed by atoms with van der Waals surface area (Å²) in [5.41, 5.74) is 8.57. The molecule has 0 aliphatic heterocycles. The van der Waals surface area contributed by atoms with Gasteiger partial charge in [0.1, 0.15) is 5.75 Å². The Morgan fingerprint density at radius 2 is 2.00 bits per heavy atom. The number of nitrogens with two attached hydrogens (primary N) is 1. The van der Waals surface area contributed by atoms with Crippen LogP contribution in [-0.2, 0) is 6.42 Å². The van der Waals surface area contributed by atoms with E-state index in [1.807, 2.05) is 6.07 Å². The number of aryl methyl sites for hydroxylation is 1. The van der Waals surface area contributed by atoms with E-state index in [1.165, 1.54) is 11.1 Å². The van der Waals surface area contributed by atoms with Crippen LogP contribution in [0.5, 0.6) is 5.75 Å². The Hall–Kier alpha value is -1.06. The molecule has 1 aromatic carbocycles. The fourth-order valence-electron chi connectivity index (χ4n) is 2.69. The first-order valence-corrected chi connectivity index (χ1v) is 7.63. The van der Waals surface area contributed by atoms with Gasteiger partial charge in [0.15, 0.2) is 0 Å². The molecule has 3 N–H and O–H groups in total. The molecule has 0 aliphatic rings. The third-order valence-electron chi connectivity index (χ3n) is 3.97. The van der Waals surface area contributed by atoms with E-state index in [4.69, 9.17) is 10.5 Å². The summed E-state index contributed by atoms with van der Waals surface area (Å²) in [6.07, 6.45) is 3.12. The SMILES string of the molecule is CCCC(N)C(O)CC(C)c1ccc(OC)cc1CC. The maximum atomic E-state index is 10.2. The second kappa shape index (κ2) is 8.28. The average molecular weight is 279 g/mol. The molecule has 3 nitrogen and oxygen atoms in total. The molecule has 0 saturated carbocycles. The van der Waals surface area contributed by atoms with Crippen LogP contribution in [0.4, 0.5) is 0 Å². The quantitative estimate of drug-likeness (QED) is 0.768. The summed E-state index contributed by atoms with van der Waals surface area (Å²) >= 11 is 0. The summed E-state index contributed by atoms with van der Waals surface area (Å²) in [4.78, 5) is 0. The summed E-state index contributed by atoms with van der Waals surface area (Å²) in [5.74, 6) is 1.19. The van der Waals surface area contributed by atoms with Gasteiger partial charge in [-0.15, -0.1) is 0 Å². The summed E-state index contributed by atoms with van der Waals surface area (Å²) in [5, 5.41) is 10.2. The molecular formula is C17H29NO2. The first-order chi connectivity index (χ1) is 9.53. The number of aliphatic hydroxyl groups excluding tert-OH is 1. The Balaban J connectivity index is 2.78. The van der Waals surface area contributed by atoms with Gasteiger partial charge in [0.25, 0.3) is 0 Å². The highest BCUT2D eigenvalue weighted by Gasteiger charge is 2.19. The molecule has 0 fully saturated rings. The number of ether oxygens (including phenoxy) is 1. The zero-order valence-corrected chi connectivity index (χ0v) is 13.2. The third kappa shape index (κ3) is 4.50. The molecule has 1 rings (SSSR count). The molecule has 1 aromatic rings. The lowest BCUT2D eigenvalue weighted by atomic mass is 9.88. The number of aliphatic hydroxyl groups is 1. The van der Waals surface area contributed by atoms with Gasteiger partial charge in [-0.25, -0.2) is 0 Å². The summed E-state index contributed by atoms with van der Waals surface area (Å²) in [6, 6.07) is 6.07. The van der Waals surface area contributed by atoms with E-state index in [9.17, 15) is 5.11 Å². The van der Waals surface area contributed by atoms with Crippen LogP contribution in [0.2, 0.25) is 0 Å². The van der Waals surface area contributed by atoms with E-state index in [-0.39, 0.29) is 6.04 Å². The number of methoxy groups -OCH3 is 1. The predicted molar refractivity (Wildman–Crippen MR) is 84.3 cm³/mol. The van der Waals surface area contributed by atoms with Gasteiger partial charge in [0.2, 0.25) is 0 Å². The Morgan fingerprint density at radius 3 is 2.55 bits per heavy atom. The van der Waals surface area contributed by atoms with Gasteiger partial charge in [0, 0.05) is 6.04 Å². The molecule has 114 valence electrons. The van der Waals surface area contributed by atoms with E-state index in [2.05, 4.69) is 32.9 Å². The van der Waals surface area contributed by atoms with Crippen LogP contribution in [0.3, 0.4) is 0 Å². The molecule has 0 aliphatic carbocycles. The van der Waals surface area contributed by atoms with Crippen molar-refractivity contribution in [3.63, 3.8) is 0 Å². The highest BCUT2D eigenvalue weighted by atomic mass is 16.5. The first-order valence-electron chi connectivity index (χ1n) is 7.63. The van der Waals surface area contributed by atoms with Gasteiger partial charge in [-0.3, -0.25) is 0 Å².